The summed E-state index contributed by atoms with van der Waals surface area (Å²) in [6.45, 7) is 2.74. The van der Waals surface area contributed by atoms with E-state index in [4.69, 9.17) is 9.15 Å². The molecule has 0 radical (unpaired) electrons. The molecule has 1 saturated heterocycles. The van der Waals surface area contributed by atoms with Crippen molar-refractivity contribution in [3.63, 3.8) is 0 Å². The number of ether oxygens (including phenoxy) is 1. The highest BCUT2D eigenvalue weighted by Gasteiger charge is 2.36. The number of para-hydroxylation sites is 2. The topological polar surface area (TPSA) is 75.0 Å². The fourth-order valence-corrected chi connectivity index (χ4v) is 4.90. The Morgan fingerprint density at radius 1 is 0.750 bits per heavy atom. The number of carbonyl (C=O) groups excluding carboxylic acids is 2. The van der Waals surface area contributed by atoms with E-state index in [0.717, 1.165) is 41.4 Å². The Balaban J connectivity index is 1.13. The standard InChI is InChI=1S/C29H25N3O4/c33-28(26-10-5-19-35-26)30-20-11-13-21(14-12-20)31-15-17-32(18-16-31)29(34)27-22-6-1-3-8-24(22)36-25-9-4-2-7-23(25)27/h1-14,19,27H,15-18H2,(H,30,33). The molecule has 3 heterocycles. The van der Waals surface area contributed by atoms with Crippen LogP contribution < -0.4 is 15.0 Å². The molecule has 3 aromatic carbocycles. The fraction of sp³-hybridized carbons (Fsp3) is 0.172. The van der Waals surface area contributed by atoms with Gasteiger partial charge in [0, 0.05) is 48.7 Å². The first-order valence-electron chi connectivity index (χ1n) is 12.0. The molecule has 36 heavy (non-hydrogen) atoms. The number of furan rings is 1. The van der Waals surface area contributed by atoms with Gasteiger partial charge < -0.3 is 24.3 Å². The van der Waals surface area contributed by atoms with E-state index in [9.17, 15) is 9.59 Å². The molecule has 2 amide bonds. The van der Waals surface area contributed by atoms with Gasteiger partial charge in [-0.25, -0.2) is 0 Å². The monoisotopic (exact) mass is 479 g/mol. The number of nitrogens with one attached hydrogen (secondary N) is 1. The van der Waals surface area contributed by atoms with Crippen molar-refractivity contribution in [3.05, 3.63) is 108 Å². The molecule has 0 atom stereocenters. The Bertz CT molecular complexity index is 1340. The highest BCUT2D eigenvalue weighted by molar-refractivity contribution is 6.02. The van der Waals surface area contributed by atoms with Gasteiger partial charge in [-0.05, 0) is 48.5 Å². The van der Waals surface area contributed by atoms with E-state index in [0.29, 0.717) is 18.8 Å². The average molecular weight is 480 g/mol. The minimum absolute atomic E-state index is 0.105. The Hall–Kier alpha value is -4.52. The molecule has 1 fully saturated rings. The highest BCUT2D eigenvalue weighted by atomic mass is 16.5. The zero-order chi connectivity index (χ0) is 24.5. The third-order valence-corrected chi connectivity index (χ3v) is 6.75. The summed E-state index contributed by atoms with van der Waals surface area (Å²) < 4.78 is 11.2. The van der Waals surface area contributed by atoms with Gasteiger partial charge in [0.05, 0.1) is 12.2 Å². The Morgan fingerprint density at radius 2 is 1.39 bits per heavy atom. The third-order valence-electron chi connectivity index (χ3n) is 6.75. The summed E-state index contributed by atoms with van der Waals surface area (Å²) in [6.07, 6.45) is 1.47. The van der Waals surface area contributed by atoms with Crippen molar-refractivity contribution in [2.75, 3.05) is 36.4 Å². The molecule has 0 aliphatic carbocycles. The first-order chi connectivity index (χ1) is 17.7. The lowest BCUT2D eigenvalue weighted by Gasteiger charge is -2.38. The van der Waals surface area contributed by atoms with E-state index in [1.807, 2.05) is 77.7 Å². The van der Waals surface area contributed by atoms with Crippen LogP contribution in [0, 0.1) is 0 Å². The van der Waals surface area contributed by atoms with Crippen LogP contribution in [0.5, 0.6) is 11.5 Å². The summed E-state index contributed by atoms with van der Waals surface area (Å²) in [6, 6.07) is 26.6. The summed E-state index contributed by atoms with van der Waals surface area (Å²) in [4.78, 5) is 30.2. The van der Waals surface area contributed by atoms with Crippen molar-refractivity contribution >= 4 is 23.2 Å². The van der Waals surface area contributed by atoms with Crippen LogP contribution in [0.25, 0.3) is 0 Å². The maximum atomic E-state index is 13.8. The van der Waals surface area contributed by atoms with Crippen LogP contribution in [0.15, 0.2) is 95.6 Å². The van der Waals surface area contributed by atoms with E-state index in [-0.39, 0.29) is 23.5 Å². The van der Waals surface area contributed by atoms with Gasteiger partial charge in [-0.1, -0.05) is 36.4 Å². The average Bonchev–Trinajstić information content (AvgIpc) is 3.47. The second kappa shape index (κ2) is 9.26. The molecule has 2 aliphatic rings. The number of carbonyl (C=O) groups is 2. The quantitative estimate of drug-likeness (QED) is 0.440. The van der Waals surface area contributed by atoms with E-state index in [1.165, 1.54) is 6.26 Å². The lowest BCUT2D eigenvalue weighted by atomic mass is 9.86. The van der Waals surface area contributed by atoms with Crippen LogP contribution in [0.1, 0.15) is 27.6 Å². The van der Waals surface area contributed by atoms with Crippen molar-refractivity contribution in [2.24, 2.45) is 0 Å². The molecule has 1 aromatic heterocycles. The van der Waals surface area contributed by atoms with Gasteiger partial charge in [0.2, 0.25) is 5.91 Å². The minimum atomic E-state index is -0.366. The van der Waals surface area contributed by atoms with Crippen molar-refractivity contribution in [3.8, 4) is 11.5 Å². The van der Waals surface area contributed by atoms with E-state index < -0.39 is 0 Å². The van der Waals surface area contributed by atoms with Gasteiger partial charge in [-0.3, -0.25) is 9.59 Å². The van der Waals surface area contributed by atoms with Crippen LogP contribution in [0.2, 0.25) is 0 Å². The summed E-state index contributed by atoms with van der Waals surface area (Å²) in [5.74, 6) is 1.22. The molecule has 6 rings (SSSR count). The number of rotatable bonds is 4. The zero-order valence-corrected chi connectivity index (χ0v) is 19.6. The number of hydrogen-bond donors (Lipinski definition) is 1. The van der Waals surface area contributed by atoms with Gasteiger partial charge >= 0.3 is 0 Å². The van der Waals surface area contributed by atoms with Crippen molar-refractivity contribution in [2.45, 2.75) is 5.92 Å². The SMILES string of the molecule is O=C(Nc1ccc(N2CCN(C(=O)C3c4ccccc4Oc4ccccc43)CC2)cc1)c1ccco1. The maximum absolute atomic E-state index is 13.8. The number of nitrogens with zero attached hydrogens (tertiary/aromatic N) is 2. The Morgan fingerprint density at radius 3 is 2.00 bits per heavy atom. The van der Waals surface area contributed by atoms with Crippen molar-refractivity contribution in [1.29, 1.82) is 0 Å². The molecular weight excluding hydrogens is 454 g/mol. The number of benzene rings is 3. The molecule has 2 aliphatic heterocycles. The lowest BCUT2D eigenvalue weighted by molar-refractivity contribution is -0.132. The number of anilines is 2. The second-order valence-electron chi connectivity index (χ2n) is 8.90. The molecular formula is C29H25N3O4. The van der Waals surface area contributed by atoms with Gasteiger partial charge in [0.15, 0.2) is 5.76 Å². The van der Waals surface area contributed by atoms with E-state index in [1.54, 1.807) is 12.1 Å². The number of fused-ring (bicyclic) bond motifs is 2. The van der Waals surface area contributed by atoms with Gasteiger partial charge in [0.25, 0.3) is 5.91 Å². The Kier molecular flexibility index (Phi) is 5.65. The number of piperazine rings is 1. The zero-order valence-electron chi connectivity index (χ0n) is 19.6. The largest absolute Gasteiger partial charge is 0.459 e. The fourth-order valence-electron chi connectivity index (χ4n) is 4.90. The summed E-state index contributed by atoms with van der Waals surface area (Å²) >= 11 is 0. The first-order valence-corrected chi connectivity index (χ1v) is 12.0. The first kappa shape index (κ1) is 22.0. The molecule has 0 unspecified atom stereocenters. The van der Waals surface area contributed by atoms with Crippen molar-refractivity contribution in [1.82, 2.24) is 4.90 Å². The van der Waals surface area contributed by atoms with Gasteiger partial charge in [-0.15, -0.1) is 0 Å². The smallest absolute Gasteiger partial charge is 0.291 e. The molecule has 0 spiro atoms. The van der Waals surface area contributed by atoms with Gasteiger partial charge in [0.1, 0.15) is 11.5 Å². The minimum Gasteiger partial charge on any atom is -0.459 e. The summed E-state index contributed by atoms with van der Waals surface area (Å²) in [5, 5.41) is 2.83. The molecule has 7 heteroatoms. The molecule has 0 bridgehead atoms. The summed E-state index contributed by atoms with van der Waals surface area (Å²) in [5.41, 5.74) is 3.58. The predicted molar refractivity (Wildman–Crippen MR) is 137 cm³/mol. The van der Waals surface area contributed by atoms with Crippen molar-refractivity contribution < 1.29 is 18.7 Å². The van der Waals surface area contributed by atoms with Gasteiger partial charge in [-0.2, -0.15) is 0 Å². The molecule has 0 saturated carbocycles. The van der Waals surface area contributed by atoms with Crippen LogP contribution in [-0.2, 0) is 4.79 Å². The maximum Gasteiger partial charge on any atom is 0.291 e. The molecule has 7 nitrogen and oxygen atoms in total. The van der Waals surface area contributed by atoms with Crippen LogP contribution >= 0.6 is 0 Å². The second-order valence-corrected chi connectivity index (χ2v) is 8.90. The lowest BCUT2D eigenvalue weighted by Crippen LogP contribution is -2.50. The molecule has 1 N–H and O–H groups in total. The third kappa shape index (κ3) is 4.09. The molecule has 180 valence electrons. The molecule has 4 aromatic rings. The summed E-state index contributed by atoms with van der Waals surface area (Å²) in [7, 11) is 0. The number of amides is 2. The normalized spacial score (nSPS) is 15.0. The predicted octanol–water partition coefficient (Wildman–Crippen LogP) is 5.12. The van der Waals surface area contributed by atoms with E-state index >= 15 is 0 Å². The van der Waals surface area contributed by atoms with Crippen LogP contribution in [-0.4, -0.2) is 42.9 Å². The van der Waals surface area contributed by atoms with Crippen LogP contribution in [0.3, 0.4) is 0 Å². The van der Waals surface area contributed by atoms with E-state index in [2.05, 4.69) is 10.2 Å². The highest BCUT2D eigenvalue weighted by Crippen LogP contribution is 2.44. The van der Waals surface area contributed by atoms with Crippen LogP contribution in [0.4, 0.5) is 11.4 Å². The Labute approximate surface area is 208 Å². The number of hydrogen-bond acceptors (Lipinski definition) is 5.